The second-order valence-corrected chi connectivity index (χ2v) is 4.57. The Morgan fingerprint density at radius 3 is 2.60 bits per heavy atom. The van der Waals surface area contributed by atoms with Gasteiger partial charge in [0, 0.05) is 14.5 Å². The van der Waals surface area contributed by atoms with Crippen LogP contribution >= 0.6 is 31.9 Å². The summed E-state index contributed by atoms with van der Waals surface area (Å²) in [6.45, 7) is -0.258. The summed E-state index contributed by atoms with van der Waals surface area (Å²) in [5.41, 5.74) is 6.09. The normalized spacial score (nSPS) is 12.6. The van der Waals surface area contributed by atoms with E-state index in [9.17, 15) is 5.11 Å². The first-order valence-electron chi connectivity index (χ1n) is 4.14. The molecule has 0 fully saturated rings. The van der Waals surface area contributed by atoms with Gasteiger partial charge in [-0.3, -0.25) is 0 Å². The molecular formula is C9H11Br2NO3. The fourth-order valence-electron chi connectivity index (χ4n) is 1.20. The van der Waals surface area contributed by atoms with Crippen LogP contribution in [0.1, 0.15) is 11.6 Å². The molecule has 0 heterocycles. The number of aliphatic hydroxyl groups excluding tert-OH is 1. The van der Waals surface area contributed by atoms with Crippen molar-refractivity contribution in [2.45, 2.75) is 6.04 Å². The van der Waals surface area contributed by atoms with Gasteiger partial charge in [-0.25, -0.2) is 0 Å². The summed E-state index contributed by atoms with van der Waals surface area (Å²) in [4.78, 5) is 0. The molecule has 4 N–H and O–H groups in total. The Morgan fingerprint density at radius 2 is 2.13 bits per heavy atom. The topological polar surface area (TPSA) is 75.7 Å². The zero-order valence-corrected chi connectivity index (χ0v) is 11.2. The first-order valence-corrected chi connectivity index (χ1v) is 5.72. The second kappa shape index (κ2) is 5.16. The van der Waals surface area contributed by atoms with Crippen LogP contribution in [0.15, 0.2) is 15.0 Å². The fourth-order valence-corrected chi connectivity index (χ4v) is 2.22. The van der Waals surface area contributed by atoms with Crippen LogP contribution in [-0.4, -0.2) is 23.9 Å². The van der Waals surface area contributed by atoms with Crippen LogP contribution in [0.2, 0.25) is 0 Å². The second-order valence-electron chi connectivity index (χ2n) is 2.93. The molecule has 0 aromatic heterocycles. The predicted molar refractivity (Wildman–Crippen MR) is 64.1 cm³/mol. The van der Waals surface area contributed by atoms with Gasteiger partial charge in [-0.15, -0.1) is 0 Å². The zero-order chi connectivity index (χ0) is 11.6. The van der Waals surface area contributed by atoms with Crippen molar-refractivity contribution in [2.24, 2.45) is 5.73 Å². The van der Waals surface area contributed by atoms with Crippen molar-refractivity contribution in [1.29, 1.82) is 0 Å². The number of benzene rings is 1. The highest BCUT2D eigenvalue weighted by Crippen LogP contribution is 2.42. The van der Waals surface area contributed by atoms with Gasteiger partial charge in [-0.05, 0) is 37.9 Å². The van der Waals surface area contributed by atoms with E-state index in [2.05, 4.69) is 31.9 Å². The third kappa shape index (κ3) is 2.44. The lowest BCUT2D eigenvalue weighted by Gasteiger charge is -2.16. The van der Waals surface area contributed by atoms with Crippen LogP contribution in [0.5, 0.6) is 11.5 Å². The van der Waals surface area contributed by atoms with Gasteiger partial charge in [0.05, 0.1) is 19.8 Å². The SMILES string of the molecule is COc1cc(Br)c(Br)c([C@@H](N)CO)c1O. The molecule has 0 amide bonds. The van der Waals surface area contributed by atoms with Crippen molar-refractivity contribution in [1.82, 2.24) is 0 Å². The smallest absolute Gasteiger partial charge is 0.163 e. The standard InChI is InChI=1S/C9H11Br2NO3/c1-15-6-2-4(10)8(11)7(9(6)14)5(12)3-13/h2,5,13-14H,3,12H2,1H3/t5-/m0/s1. The summed E-state index contributed by atoms with van der Waals surface area (Å²) in [6, 6.07) is 0.957. The maximum Gasteiger partial charge on any atom is 0.163 e. The Hall–Kier alpha value is -0.300. The zero-order valence-electron chi connectivity index (χ0n) is 8.00. The predicted octanol–water partition coefficient (Wildman–Crippen LogP) is 1.92. The van der Waals surface area contributed by atoms with Crippen molar-refractivity contribution in [2.75, 3.05) is 13.7 Å². The number of aromatic hydroxyl groups is 1. The summed E-state index contributed by atoms with van der Waals surface area (Å²) in [5, 5.41) is 18.8. The van der Waals surface area contributed by atoms with Gasteiger partial charge >= 0.3 is 0 Å². The molecule has 0 saturated heterocycles. The molecule has 1 aromatic rings. The summed E-state index contributed by atoms with van der Waals surface area (Å²) in [6.07, 6.45) is 0. The van der Waals surface area contributed by atoms with Gasteiger partial charge in [-0.2, -0.15) is 0 Å². The summed E-state index contributed by atoms with van der Waals surface area (Å²) in [5.74, 6) is 0.248. The molecule has 15 heavy (non-hydrogen) atoms. The van der Waals surface area contributed by atoms with Crippen LogP contribution in [0.3, 0.4) is 0 Å². The number of methoxy groups -OCH3 is 1. The number of ether oxygens (including phenoxy) is 1. The number of halogens is 2. The molecule has 0 saturated carbocycles. The van der Waals surface area contributed by atoms with Gasteiger partial charge in [0.15, 0.2) is 11.5 Å². The van der Waals surface area contributed by atoms with Gasteiger partial charge in [0.25, 0.3) is 0 Å². The van der Waals surface area contributed by atoms with E-state index >= 15 is 0 Å². The number of hydrogen-bond acceptors (Lipinski definition) is 4. The molecule has 0 radical (unpaired) electrons. The van der Waals surface area contributed by atoms with Crippen LogP contribution in [-0.2, 0) is 0 Å². The summed E-state index contributed by atoms with van der Waals surface area (Å²) < 4.78 is 6.30. The third-order valence-corrected chi connectivity index (χ3v) is 3.99. The van der Waals surface area contributed by atoms with Crippen molar-refractivity contribution >= 4 is 31.9 Å². The molecule has 0 aliphatic rings. The van der Waals surface area contributed by atoms with Gasteiger partial charge < -0.3 is 20.7 Å². The van der Waals surface area contributed by atoms with Crippen LogP contribution in [0.25, 0.3) is 0 Å². The first-order chi connectivity index (χ1) is 7.02. The van der Waals surface area contributed by atoms with Crippen LogP contribution in [0, 0.1) is 0 Å². The van der Waals surface area contributed by atoms with Crippen molar-refractivity contribution < 1.29 is 14.9 Å². The van der Waals surface area contributed by atoms with E-state index in [1.54, 1.807) is 6.07 Å². The minimum atomic E-state index is -0.661. The quantitative estimate of drug-likeness (QED) is 0.785. The molecule has 1 rings (SSSR count). The molecule has 0 bridgehead atoms. The number of phenols is 1. The van der Waals surface area contributed by atoms with E-state index < -0.39 is 6.04 Å². The van der Waals surface area contributed by atoms with Crippen molar-refractivity contribution in [3.63, 3.8) is 0 Å². The minimum Gasteiger partial charge on any atom is -0.504 e. The maximum atomic E-state index is 9.83. The van der Waals surface area contributed by atoms with Gasteiger partial charge in [0.1, 0.15) is 0 Å². The van der Waals surface area contributed by atoms with Gasteiger partial charge in [0.2, 0.25) is 0 Å². The number of hydrogen-bond donors (Lipinski definition) is 3. The summed E-state index contributed by atoms with van der Waals surface area (Å²) in [7, 11) is 1.45. The van der Waals surface area contributed by atoms with E-state index in [0.717, 1.165) is 0 Å². The molecular weight excluding hydrogens is 330 g/mol. The number of nitrogens with two attached hydrogens (primary N) is 1. The number of phenolic OH excluding ortho intramolecular Hbond substituents is 1. The molecule has 84 valence electrons. The Labute approximate surface area is 104 Å². The average molecular weight is 341 g/mol. The maximum absolute atomic E-state index is 9.83. The Kier molecular flexibility index (Phi) is 4.39. The molecule has 0 aliphatic heterocycles. The van der Waals surface area contributed by atoms with E-state index in [-0.39, 0.29) is 12.4 Å². The number of rotatable bonds is 3. The molecule has 6 heteroatoms. The number of aliphatic hydroxyl groups is 1. The molecule has 1 aromatic carbocycles. The lowest BCUT2D eigenvalue weighted by Crippen LogP contribution is -2.15. The van der Waals surface area contributed by atoms with Crippen LogP contribution in [0.4, 0.5) is 0 Å². The molecule has 4 nitrogen and oxygen atoms in total. The van der Waals surface area contributed by atoms with Crippen LogP contribution < -0.4 is 10.5 Å². The van der Waals surface area contributed by atoms with Gasteiger partial charge in [-0.1, -0.05) is 0 Å². The molecule has 0 spiro atoms. The lowest BCUT2D eigenvalue weighted by molar-refractivity contribution is 0.263. The van der Waals surface area contributed by atoms with Crippen molar-refractivity contribution in [3.8, 4) is 11.5 Å². The monoisotopic (exact) mass is 339 g/mol. The van der Waals surface area contributed by atoms with E-state index in [1.807, 2.05) is 0 Å². The highest BCUT2D eigenvalue weighted by molar-refractivity contribution is 9.13. The summed E-state index contributed by atoms with van der Waals surface area (Å²) >= 11 is 6.58. The van der Waals surface area contributed by atoms with E-state index in [0.29, 0.717) is 20.3 Å². The Morgan fingerprint density at radius 1 is 1.53 bits per heavy atom. The minimum absolute atomic E-state index is 0.0610. The van der Waals surface area contributed by atoms with E-state index in [1.165, 1.54) is 7.11 Å². The molecule has 0 aliphatic carbocycles. The molecule has 0 unspecified atom stereocenters. The first kappa shape index (κ1) is 12.8. The fraction of sp³-hybridized carbons (Fsp3) is 0.333. The highest BCUT2D eigenvalue weighted by atomic mass is 79.9. The van der Waals surface area contributed by atoms with E-state index in [4.69, 9.17) is 15.6 Å². The van der Waals surface area contributed by atoms with Crippen molar-refractivity contribution in [3.05, 3.63) is 20.6 Å². The Balaban J connectivity index is 3.40. The highest BCUT2D eigenvalue weighted by Gasteiger charge is 2.20. The lowest BCUT2D eigenvalue weighted by atomic mass is 10.1. The Bertz CT molecular complexity index is 371. The average Bonchev–Trinajstić information content (AvgIpc) is 2.23. The largest absolute Gasteiger partial charge is 0.504 e. The third-order valence-electron chi connectivity index (χ3n) is 1.98. The molecule has 1 atom stereocenters.